The van der Waals surface area contributed by atoms with E-state index in [-0.39, 0.29) is 5.91 Å². The van der Waals surface area contributed by atoms with Crippen LogP contribution in [0.4, 0.5) is 0 Å². The van der Waals surface area contributed by atoms with Crippen molar-refractivity contribution in [3.63, 3.8) is 0 Å². The Balaban J connectivity index is 1.76. The second-order valence-corrected chi connectivity index (χ2v) is 5.94. The fourth-order valence-corrected chi connectivity index (χ4v) is 2.71. The molecule has 25 heavy (non-hydrogen) atoms. The molecule has 0 atom stereocenters. The predicted octanol–water partition coefficient (Wildman–Crippen LogP) is 3.75. The number of likely N-dealkylation sites (N-methyl/N-ethyl adjacent to an activating group) is 1. The first kappa shape index (κ1) is 16.8. The average Bonchev–Trinajstić information content (AvgIpc) is 3.24. The molecule has 0 aliphatic rings. The molecular formula is C20H21N3O2. The van der Waals surface area contributed by atoms with Crippen molar-refractivity contribution >= 4 is 12.0 Å². The summed E-state index contributed by atoms with van der Waals surface area (Å²) in [5.41, 5.74) is 4.04. The van der Waals surface area contributed by atoms with Gasteiger partial charge in [0.1, 0.15) is 5.76 Å². The number of benzene rings is 1. The third-order valence-corrected chi connectivity index (χ3v) is 4.15. The molecule has 5 heteroatoms. The van der Waals surface area contributed by atoms with Crippen LogP contribution < -0.4 is 0 Å². The van der Waals surface area contributed by atoms with Gasteiger partial charge in [-0.1, -0.05) is 18.2 Å². The van der Waals surface area contributed by atoms with Gasteiger partial charge in [0.05, 0.1) is 17.6 Å². The number of para-hydroxylation sites is 1. The Labute approximate surface area is 147 Å². The lowest BCUT2D eigenvalue weighted by atomic mass is 10.2. The Morgan fingerprint density at radius 3 is 2.64 bits per heavy atom. The summed E-state index contributed by atoms with van der Waals surface area (Å²) in [6, 6.07) is 13.6. The molecule has 0 bridgehead atoms. The van der Waals surface area contributed by atoms with Gasteiger partial charge in [-0.15, -0.1) is 0 Å². The van der Waals surface area contributed by atoms with E-state index in [1.807, 2.05) is 54.9 Å². The number of hydrogen-bond donors (Lipinski definition) is 0. The third kappa shape index (κ3) is 3.71. The average molecular weight is 335 g/mol. The summed E-state index contributed by atoms with van der Waals surface area (Å²) < 4.78 is 7.12. The first-order chi connectivity index (χ1) is 12.1. The lowest BCUT2D eigenvalue weighted by molar-refractivity contribution is -0.125. The summed E-state index contributed by atoms with van der Waals surface area (Å²) in [6.07, 6.45) is 4.77. The van der Waals surface area contributed by atoms with Gasteiger partial charge in [-0.2, -0.15) is 5.10 Å². The van der Waals surface area contributed by atoms with Crippen molar-refractivity contribution in [2.75, 3.05) is 7.05 Å². The summed E-state index contributed by atoms with van der Waals surface area (Å²) in [5, 5.41) is 4.63. The fraction of sp³-hybridized carbons (Fsp3) is 0.200. The van der Waals surface area contributed by atoms with E-state index in [9.17, 15) is 4.79 Å². The lowest BCUT2D eigenvalue weighted by Crippen LogP contribution is -2.24. The van der Waals surface area contributed by atoms with E-state index in [1.54, 1.807) is 30.4 Å². The van der Waals surface area contributed by atoms with E-state index < -0.39 is 0 Å². The van der Waals surface area contributed by atoms with E-state index >= 15 is 0 Å². The highest BCUT2D eigenvalue weighted by atomic mass is 16.3. The van der Waals surface area contributed by atoms with Gasteiger partial charge in [0.15, 0.2) is 0 Å². The minimum atomic E-state index is -0.0809. The molecule has 0 spiro atoms. The molecule has 0 aliphatic carbocycles. The molecule has 0 radical (unpaired) electrons. The van der Waals surface area contributed by atoms with E-state index in [4.69, 9.17) is 4.42 Å². The minimum absolute atomic E-state index is 0.0809. The zero-order valence-electron chi connectivity index (χ0n) is 14.6. The molecular weight excluding hydrogens is 314 g/mol. The maximum Gasteiger partial charge on any atom is 0.246 e. The molecule has 3 aromatic rings. The molecule has 2 heterocycles. The summed E-state index contributed by atoms with van der Waals surface area (Å²) in [4.78, 5) is 14.0. The Kier molecular flexibility index (Phi) is 4.84. The highest BCUT2D eigenvalue weighted by molar-refractivity contribution is 5.91. The van der Waals surface area contributed by atoms with Crippen molar-refractivity contribution in [1.29, 1.82) is 0 Å². The molecule has 0 saturated carbocycles. The molecule has 0 aliphatic heterocycles. The number of hydrogen-bond acceptors (Lipinski definition) is 3. The van der Waals surface area contributed by atoms with Crippen LogP contribution in [0.5, 0.6) is 0 Å². The Morgan fingerprint density at radius 1 is 1.20 bits per heavy atom. The molecule has 0 N–H and O–H groups in total. The maximum atomic E-state index is 12.3. The molecule has 128 valence electrons. The highest BCUT2D eigenvalue weighted by Crippen LogP contribution is 2.19. The van der Waals surface area contributed by atoms with Gasteiger partial charge < -0.3 is 9.32 Å². The van der Waals surface area contributed by atoms with E-state index in [0.29, 0.717) is 12.3 Å². The number of furan rings is 1. The van der Waals surface area contributed by atoms with Crippen LogP contribution in [0, 0.1) is 13.8 Å². The molecule has 2 aromatic heterocycles. The Hall–Kier alpha value is -3.08. The van der Waals surface area contributed by atoms with E-state index in [2.05, 4.69) is 5.10 Å². The molecule has 1 aromatic carbocycles. The lowest BCUT2D eigenvalue weighted by Gasteiger charge is -2.15. The Bertz CT molecular complexity index is 877. The van der Waals surface area contributed by atoms with Crippen LogP contribution in [-0.2, 0) is 11.3 Å². The third-order valence-electron chi connectivity index (χ3n) is 4.15. The molecule has 0 unspecified atom stereocenters. The number of amides is 1. The summed E-state index contributed by atoms with van der Waals surface area (Å²) in [7, 11) is 1.79. The van der Waals surface area contributed by atoms with Crippen molar-refractivity contribution in [1.82, 2.24) is 14.7 Å². The van der Waals surface area contributed by atoms with Crippen molar-refractivity contribution in [3.05, 3.63) is 77.5 Å². The summed E-state index contributed by atoms with van der Waals surface area (Å²) in [5.74, 6) is 0.577. The van der Waals surface area contributed by atoms with Crippen molar-refractivity contribution in [2.45, 2.75) is 20.4 Å². The predicted molar refractivity (Wildman–Crippen MR) is 97.3 cm³/mol. The zero-order valence-corrected chi connectivity index (χ0v) is 14.6. The van der Waals surface area contributed by atoms with Crippen LogP contribution in [0.3, 0.4) is 0 Å². The van der Waals surface area contributed by atoms with Crippen LogP contribution in [0.1, 0.15) is 22.7 Å². The van der Waals surface area contributed by atoms with Crippen molar-refractivity contribution in [3.8, 4) is 5.69 Å². The standard InChI is InChI=1S/C20H21N3O2/c1-15-19(16(2)23(21-15)17-8-5-4-6-9-17)14-22(3)20(24)12-11-18-10-7-13-25-18/h4-13H,14H2,1-3H3/b12-11+. The second kappa shape index (κ2) is 7.21. The highest BCUT2D eigenvalue weighted by Gasteiger charge is 2.16. The SMILES string of the molecule is Cc1nn(-c2ccccc2)c(C)c1CN(C)C(=O)/C=C/c1ccco1. The van der Waals surface area contributed by atoms with Gasteiger partial charge >= 0.3 is 0 Å². The van der Waals surface area contributed by atoms with Gasteiger partial charge in [-0.3, -0.25) is 4.79 Å². The minimum Gasteiger partial charge on any atom is -0.465 e. The zero-order chi connectivity index (χ0) is 17.8. The number of aryl methyl sites for hydroxylation is 1. The fourth-order valence-electron chi connectivity index (χ4n) is 2.71. The van der Waals surface area contributed by atoms with Gasteiger partial charge in [0, 0.05) is 30.9 Å². The first-order valence-corrected chi connectivity index (χ1v) is 8.13. The normalized spacial score (nSPS) is 11.2. The molecule has 5 nitrogen and oxygen atoms in total. The van der Waals surface area contributed by atoms with Gasteiger partial charge in [0.2, 0.25) is 5.91 Å². The van der Waals surface area contributed by atoms with Crippen LogP contribution >= 0.6 is 0 Å². The van der Waals surface area contributed by atoms with E-state index in [1.165, 1.54) is 6.08 Å². The maximum absolute atomic E-state index is 12.3. The first-order valence-electron chi connectivity index (χ1n) is 8.13. The van der Waals surface area contributed by atoms with E-state index in [0.717, 1.165) is 22.6 Å². The monoisotopic (exact) mass is 335 g/mol. The number of carbonyl (C=O) groups excluding carboxylic acids is 1. The van der Waals surface area contributed by atoms with Crippen molar-refractivity contribution < 1.29 is 9.21 Å². The Morgan fingerprint density at radius 2 is 1.96 bits per heavy atom. The smallest absolute Gasteiger partial charge is 0.246 e. The van der Waals surface area contributed by atoms with Crippen LogP contribution in [0.2, 0.25) is 0 Å². The topological polar surface area (TPSA) is 51.3 Å². The number of aromatic nitrogens is 2. The van der Waals surface area contributed by atoms with Crippen LogP contribution in [-0.4, -0.2) is 27.6 Å². The number of nitrogens with zero attached hydrogens (tertiary/aromatic N) is 3. The van der Waals surface area contributed by atoms with Crippen molar-refractivity contribution in [2.24, 2.45) is 0 Å². The molecule has 1 amide bonds. The second-order valence-electron chi connectivity index (χ2n) is 5.94. The molecule has 0 saturated heterocycles. The van der Waals surface area contributed by atoms with Crippen LogP contribution in [0.15, 0.2) is 59.2 Å². The molecule has 3 rings (SSSR count). The quantitative estimate of drug-likeness (QED) is 0.667. The number of rotatable bonds is 5. The number of carbonyl (C=O) groups is 1. The summed E-state index contributed by atoms with van der Waals surface area (Å²) >= 11 is 0. The van der Waals surface area contributed by atoms with Gasteiger partial charge in [-0.05, 0) is 44.2 Å². The largest absolute Gasteiger partial charge is 0.465 e. The van der Waals surface area contributed by atoms with Gasteiger partial charge in [-0.25, -0.2) is 4.68 Å². The summed E-state index contributed by atoms with van der Waals surface area (Å²) in [6.45, 7) is 4.50. The van der Waals surface area contributed by atoms with Gasteiger partial charge in [0.25, 0.3) is 0 Å². The molecule has 0 fully saturated rings. The van der Waals surface area contributed by atoms with Crippen LogP contribution in [0.25, 0.3) is 11.8 Å².